The molecule has 4 heterocycles. The molecule has 20 rings (SSSR count). The average molecular weight is 1350 g/mol. The first-order chi connectivity index (χ1) is 52.5. The molecule has 0 aliphatic rings. The van der Waals surface area contributed by atoms with Crippen molar-refractivity contribution in [1.82, 2.24) is 29.9 Å². The molecule has 106 heavy (non-hydrogen) atoms. The maximum Gasteiger partial charge on any atom is 0.167 e. The van der Waals surface area contributed by atoms with E-state index in [1.54, 1.807) is 0 Å². The van der Waals surface area contributed by atoms with Crippen LogP contribution in [0.2, 0.25) is 0 Å². The van der Waals surface area contributed by atoms with Gasteiger partial charge >= 0.3 is 0 Å². The number of aromatic nitrogens is 6. The largest absolute Gasteiger partial charge is 0.455 e. The average Bonchev–Trinajstić information content (AvgIpc) is 1.63. The summed E-state index contributed by atoms with van der Waals surface area (Å²) in [6.45, 7) is 0. The standard InChI is InChI=1S/C98H60N6O2/c1-4-22-61(23-5-1)70-28-18-29-71(60-70)75-57-56-73(78-32-12-13-34-80(75)78)63-44-50-68(51-45-63)95-100-96(103-97(102-95)86-40-19-38-84-83-36-16-17-42-88(83)105-91(84)86)69-54-48-65(49-55-69)76-37-21-43-89-90(76)85-39-20-41-87(92(85)106-89)98-101-93(66-26-8-3-9-27-66)99-94(104-98)67-52-46-64(47-53-67)74-58-59-82(81-35-15-14-33-79(74)81)77-31-11-10-30-72(77)62-24-6-2-7-25-62/h1-60H. The SMILES string of the molecule is c1ccc(-c2cccc(-c3ccc(-c4ccc(-c5nc(-c6ccc(-c7cccc8oc9c(-c%10nc(-c%11ccccc%11)nc(-c%11ccc(-c%12ccc(-c%13ccccc%13-c%13ccccc%13)c%13ccccc%12%13)cc%11)n%10)cccc9c78)cc6)nc(-c6cccc7c6oc6ccccc67)n5)cc4)c4ccccc34)c2)cc1. The lowest BCUT2D eigenvalue weighted by Crippen LogP contribution is -2.00. The zero-order valence-corrected chi connectivity index (χ0v) is 57.1. The topological polar surface area (TPSA) is 104 Å². The molecule has 8 heteroatoms. The molecular formula is C98H60N6O2. The van der Waals surface area contributed by atoms with E-state index in [1.165, 1.54) is 66.1 Å². The van der Waals surface area contributed by atoms with Crippen LogP contribution in [-0.4, -0.2) is 29.9 Å². The van der Waals surface area contributed by atoms with Crippen molar-refractivity contribution in [2.45, 2.75) is 0 Å². The predicted octanol–water partition coefficient (Wildman–Crippen LogP) is 25.8. The minimum absolute atomic E-state index is 0.505. The Balaban J connectivity index is 0.642. The minimum atomic E-state index is 0.505. The van der Waals surface area contributed by atoms with Crippen molar-refractivity contribution in [2.75, 3.05) is 0 Å². The van der Waals surface area contributed by atoms with Crippen LogP contribution in [0.15, 0.2) is 373 Å². The van der Waals surface area contributed by atoms with E-state index < -0.39 is 0 Å². The van der Waals surface area contributed by atoms with Crippen LogP contribution in [0.1, 0.15) is 0 Å². The first-order valence-corrected chi connectivity index (χ1v) is 35.6. The zero-order chi connectivity index (χ0) is 70.0. The predicted molar refractivity (Wildman–Crippen MR) is 433 cm³/mol. The molecule has 0 radical (unpaired) electrons. The summed E-state index contributed by atoms with van der Waals surface area (Å²) in [6.07, 6.45) is 0. The van der Waals surface area contributed by atoms with Crippen molar-refractivity contribution < 1.29 is 8.83 Å². The van der Waals surface area contributed by atoms with E-state index in [0.717, 1.165) is 105 Å². The van der Waals surface area contributed by atoms with Crippen LogP contribution in [0.5, 0.6) is 0 Å². The molecule has 0 saturated heterocycles. The molecule has 0 aliphatic heterocycles. The highest BCUT2D eigenvalue weighted by atomic mass is 16.3. The van der Waals surface area contributed by atoms with Gasteiger partial charge in [0.25, 0.3) is 0 Å². The van der Waals surface area contributed by atoms with Crippen molar-refractivity contribution in [3.05, 3.63) is 364 Å². The molecule has 8 nitrogen and oxygen atoms in total. The molecule has 0 atom stereocenters. The molecule has 494 valence electrons. The number of benzene rings is 16. The third-order valence-corrected chi connectivity index (χ3v) is 20.5. The van der Waals surface area contributed by atoms with Gasteiger partial charge in [-0.3, -0.25) is 0 Å². The number of furan rings is 2. The summed E-state index contributed by atoms with van der Waals surface area (Å²) in [5, 5.41) is 8.66. The number of para-hydroxylation sites is 3. The maximum atomic E-state index is 6.96. The van der Waals surface area contributed by atoms with Gasteiger partial charge < -0.3 is 8.83 Å². The van der Waals surface area contributed by atoms with E-state index >= 15 is 0 Å². The highest BCUT2D eigenvalue weighted by Gasteiger charge is 2.23. The maximum absolute atomic E-state index is 6.96. The molecule has 0 saturated carbocycles. The van der Waals surface area contributed by atoms with Crippen molar-refractivity contribution in [3.63, 3.8) is 0 Å². The number of fused-ring (bicyclic) bond motifs is 8. The Morgan fingerprint density at radius 1 is 0.151 bits per heavy atom. The molecular weight excluding hydrogens is 1290 g/mol. The molecule has 4 aromatic heterocycles. The molecule has 16 aromatic carbocycles. The van der Waals surface area contributed by atoms with Gasteiger partial charge in [0.2, 0.25) is 0 Å². The number of hydrogen-bond donors (Lipinski definition) is 0. The second-order valence-corrected chi connectivity index (χ2v) is 26.7. The summed E-state index contributed by atoms with van der Waals surface area (Å²) in [5.41, 5.74) is 23.9. The van der Waals surface area contributed by atoms with Crippen LogP contribution < -0.4 is 0 Å². The van der Waals surface area contributed by atoms with Crippen LogP contribution >= 0.6 is 0 Å². The first-order valence-electron chi connectivity index (χ1n) is 35.6. The fourth-order valence-corrected chi connectivity index (χ4v) is 15.4. The molecule has 0 spiro atoms. The number of nitrogens with zero attached hydrogens (tertiary/aromatic N) is 6. The van der Waals surface area contributed by atoms with Crippen molar-refractivity contribution in [1.29, 1.82) is 0 Å². The van der Waals surface area contributed by atoms with Gasteiger partial charge in [0.05, 0.1) is 11.1 Å². The quantitative estimate of drug-likeness (QED) is 0.112. The Kier molecular flexibility index (Phi) is 15.0. The smallest absolute Gasteiger partial charge is 0.167 e. The van der Waals surface area contributed by atoms with Gasteiger partial charge in [-0.05, 0) is 130 Å². The normalized spacial score (nSPS) is 11.6. The van der Waals surface area contributed by atoms with Crippen molar-refractivity contribution >= 4 is 65.4 Å². The van der Waals surface area contributed by atoms with Crippen LogP contribution in [-0.2, 0) is 0 Å². The summed E-state index contributed by atoms with van der Waals surface area (Å²) >= 11 is 0. The molecule has 0 bridgehead atoms. The lowest BCUT2D eigenvalue weighted by molar-refractivity contribution is 0.669. The second kappa shape index (κ2) is 25.9. The van der Waals surface area contributed by atoms with Gasteiger partial charge in [-0.15, -0.1) is 0 Å². The zero-order valence-electron chi connectivity index (χ0n) is 57.1. The third-order valence-electron chi connectivity index (χ3n) is 20.5. The summed E-state index contributed by atoms with van der Waals surface area (Å²) in [4.78, 5) is 31.5. The Hall–Kier alpha value is -14.3. The summed E-state index contributed by atoms with van der Waals surface area (Å²) in [6, 6.07) is 128. The highest BCUT2D eigenvalue weighted by Crippen LogP contribution is 2.45. The van der Waals surface area contributed by atoms with Crippen LogP contribution in [0, 0.1) is 0 Å². The molecule has 0 aliphatic carbocycles. The Bertz CT molecular complexity index is 6790. The van der Waals surface area contributed by atoms with Gasteiger partial charge in [0, 0.05) is 43.8 Å². The van der Waals surface area contributed by atoms with Crippen LogP contribution in [0.3, 0.4) is 0 Å². The molecule has 20 aromatic rings. The molecule has 0 amide bonds. The Labute approximate surface area is 610 Å². The molecule has 0 unspecified atom stereocenters. The fourth-order valence-electron chi connectivity index (χ4n) is 15.4. The summed E-state index contributed by atoms with van der Waals surface area (Å²) in [7, 11) is 0. The van der Waals surface area contributed by atoms with Crippen LogP contribution in [0.4, 0.5) is 0 Å². The van der Waals surface area contributed by atoms with Gasteiger partial charge in [0.1, 0.15) is 22.3 Å². The Morgan fingerprint density at radius 2 is 0.462 bits per heavy atom. The van der Waals surface area contributed by atoms with E-state index in [1.807, 2.05) is 78.9 Å². The van der Waals surface area contributed by atoms with E-state index in [4.69, 9.17) is 38.7 Å². The van der Waals surface area contributed by atoms with E-state index in [-0.39, 0.29) is 0 Å². The number of hydrogen-bond acceptors (Lipinski definition) is 8. The van der Waals surface area contributed by atoms with Crippen molar-refractivity contribution in [2.24, 2.45) is 0 Å². The minimum Gasteiger partial charge on any atom is -0.455 e. The monoisotopic (exact) mass is 1350 g/mol. The highest BCUT2D eigenvalue weighted by molar-refractivity contribution is 6.16. The second-order valence-electron chi connectivity index (χ2n) is 26.7. The van der Waals surface area contributed by atoms with Gasteiger partial charge in [-0.25, -0.2) is 29.9 Å². The summed E-state index contributed by atoms with van der Waals surface area (Å²) < 4.78 is 13.6. The Morgan fingerprint density at radius 3 is 1.02 bits per heavy atom. The third kappa shape index (κ3) is 11.0. The van der Waals surface area contributed by atoms with E-state index in [2.05, 4.69) is 285 Å². The van der Waals surface area contributed by atoms with E-state index in [0.29, 0.717) is 40.5 Å². The number of rotatable bonds is 13. The lowest BCUT2D eigenvalue weighted by Gasteiger charge is -2.15. The molecule has 0 N–H and O–H groups in total. The first kappa shape index (κ1) is 61.5. The lowest BCUT2D eigenvalue weighted by atomic mass is 9.88. The van der Waals surface area contributed by atoms with Crippen molar-refractivity contribution in [3.8, 4) is 146 Å². The van der Waals surface area contributed by atoms with Gasteiger partial charge in [0.15, 0.2) is 34.9 Å². The van der Waals surface area contributed by atoms with Gasteiger partial charge in [-0.1, -0.05) is 334 Å². The van der Waals surface area contributed by atoms with E-state index in [9.17, 15) is 0 Å². The van der Waals surface area contributed by atoms with Gasteiger partial charge in [-0.2, -0.15) is 0 Å². The summed E-state index contributed by atoms with van der Waals surface area (Å²) in [5.74, 6) is 3.20. The molecule has 0 fully saturated rings. The fraction of sp³-hybridized carbons (Fsp3) is 0. The van der Waals surface area contributed by atoms with Crippen LogP contribution in [0.25, 0.3) is 212 Å².